The van der Waals surface area contributed by atoms with Gasteiger partial charge in [-0.2, -0.15) is 13.2 Å². The molecule has 1 aromatic carbocycles. The van der Waals surface area contributed by atoms with Gasteiger partial charge in [0.1, 0.15) is 0 Å². The lowest BCUT2D eigenvalue weighted by atomic mass is 10.2. The Morgan fingerprint density at radius 1 is 1.19 bits per heavy atom. The van der Waals surface area contributed by atoms with E-state index < -0.39 is 23.0 Å². The first kappa shape index (κ1) is 15.3. The van der Waals surface area contributed by atoms with E-state index in [-0.39, 0.29) is 11.4 Å². The highest BCUT2D eigenvalue weighted by atomic mass is 32.2. The molecule has 1 atom stereocenters. The summed E-state index contributed by atoms with van der Waals surface area (Å²) in [6, 6.07) is 6.09. The number of hydrogen-bond acceptors (Lipinski definition) is 3. The third-order valence-electron chi connectivity index (χ3n) is 2.49. The van der Waals surface area contributed by atoms with E-state index in [2.05, 4.69) is 15.0 Å². The number of hydrogen-bond donors (Lipinski definition) is 3. The maximum absolute atomic E-state index is 12.6. The van der Waals surface area contributed by atoms with E-state index in [0.29, 0.717) is 5.69 Å². The van der Waals surface area contributed by atoms with Crippen LogP contribution < -0.4 is 10.0 Å². The molecule has 21 heavy (non-hydrogen) atoms. The number of halogens is 3. The number of alkyl halides is 3. The second-order valence-electron chi connectivity index (χ2n) is 3.98. The van der Waals surface area contributed by atoms with Crippen LogP contribution in [0, 0.1) is 0 Å². The lowest BCUT2D eigenvalue weighted by molar-refractivity contribution is -0.137. The average Bonchev–Trinajstić information content (AvgIpc) is 2.40. The summed E-state index contributed by atoms with van der Waals surface area (Å²) in [7, 11) is 0. The molecule has 0 aliphatic heterocycles. The molecule has 3 N–H and O–H groups in total. The van der Waals surface area contributed by atoms with E-state index in [1.807, 2.05) is 0 Å². The summed E-state index contributed by atoms with van der Waals surface area (Å²) in [5.74, 6) is 0. The molecule has 0 spiro atoms. The Morgan fingerprint density at radius 3 is 2.62 bits per heavy atom. The van der Waals surface area contributed by atoms with Gasteiger partial charge in [-0.05, 0) is 24.3 Å². The highest BCUT2D eigenvalue weighted by Crippen LogP contribution is 2.32. The van der Waals surface area contributed by atoms with Crippen molar-refractivity contribution in [1.29, 1.82) is 0 Å². The molecule has 5 nitrogen and oxygen atoms in total. The van der Waals surface area contributed by atoms with Crippen LogP contribution in [0.4, 0.5) is 30.2 Å². The number of aromatic nitrogens is 1. The van der Waals surface area contributed by atoms with E-state index >= 15 is 0 Å². The van der Waals surface area contributed by atoms with E-state index in [4.69, 9.17) is 4.55 Å². The van der Waals surface area contributed by atoms with Crippen molar-refractivity contribution in [3.8, 4) is 0 Å². The first-order valence-electron chi connectivity index (χ1n) is 5.62. The highest BCUT2D eigenvalue weighted by Gasteiger charge is 2.30. The highest BCUT2D eigenvalue weighted by molar-refractivity contribution is 7.80. The van der Waals surface area contributed by atoms with Crippen molar-refractivity contribution in [2.45, 2.75) is 6.18 Å². The van der Waals surface area contributed by atoms with Crippen LogP contribution in [-0.2, 0) is 17.4 Å². The summed E-state index contributed by atoms with van der Waals surface area (Å²) >= 11 is -2.31. The van der Waals surface area contributed by atoms with Crippen LogP contribution >= 0.6 is 0 Å². The topological polar surface area (TPSA) is 74.2 Å². The van der Waals surface area contributed by atoms with Crippen molar-refractivity contribution >= 4 is 28.3 Å². The minimum absolute atomic E-state index is 0.191. The Kier molecular flexibility index (Phi) is 4.43. The summed E-state index contributed by atoms with van der Waals surface area (Å²) in [5.41, 5.74) is -0.0768. The van der Waals surface area contributed by atoms with Gasteiger partial charge in [0.25, 0.3) is 11.3 Å². The van der Waals surface area contributed by atoms with Gasteiger partial charge in [0, 0.05) is 11.9 Å². The monoisotopic (exact) mass is 317 g/mol. The summed E-state index contributed by atoms with van der Waals surface area (Å²) in [6.07, 6.45) is -1.75. The normalized spacial score (nSPS) is 12.8. The molecule has 0 bridgehead atoms. The third kappa shape index (κ3) is 4.17. The Bertz CT molecular complexity index is 664. The molecule has 0 amide bonds. The Balaban J connectivity index is 2.28. The van der Waals surface area contributed by atoms with E-state index in [1.165, 1.54) is 30.6 Å². The zero-order chi connectivity index (χ0) is 15.5. The molecule has 0 fully saturated rings. The van der Waals surface area contributed by atoms with Gasteiger partial charge in [0.05, 0.1) is 23.1 Å². The smallest absolute Gasteiger partial charge is 0.354 e. The second kappa shape index (κ2) is 6.10. The van der Waals surface area contributed by atoms with Crippen molar-refractivity contribution in [2.75, 3.05) is 10.0 Å². The van der Waals surface area contributed by atoms with Crippen LogP contribution in [0.15, 0.2) is 42.7 Å². The second-order valence-corrected chi connectivity index (χ2v) is 4.68. The number of nitrogens with one attached hydrogen (secondary N) is 2. The predicted octanol–water partition coefficient (Wildman–Crippen LogP) is 3.39. The summed E-state index contributed by atoms with van der Waals surface area (Å²) in [6.45, 7) is 0. The van der Waals surface area contributed by atoms with Gasteiger partial charge < -0.3 is 5.32 Å². The van der Waals surface area contributed by atoms with Gasteiger partial charge in [0.15, 0.2) is 0 Å². The molecule has 1 unspecified atom stereocenters. The Labute approximate surface area is 120 Å². The van der Waals surface area contributed by atoms with Gasteiger partial charge in [-0.15, -0.1) is 0 Å². The minimum atomic E-state index is -4.44. The molecule has 0 aliphatic rings. The Hall–Kier alpha value is -2.13. The average molecular weight is 317 g/mol. The van der Waals surface area contributed by atoms with Crippen LogP contribution in [0.5, 0.6) is 0 Å². The van der Waals surface area contributed by atoms with Crippen molar-refractivity contribution in [1.82, 2.24) is 4.98 Å². The fraction of sp³-hybridized carbons (Fsp3) is 0.0833. The van der Waals surface area contributed by atoms with Crippen molar-refractivity contribution in [3.05, 3.63) is 48.3 Å². The van der Waals surface area contributed by atoms with Crippen molar-refractivity contribution in [2.24, 2.45) is 0 Å². The van der Waals surface area contributed by atoms with E-state index in [1.54, 1.807) is 0 Å². The molecule has 2 rings (SSSR count). The lowest BCUT2D eigenvalue weighted by Crippen LogP contribution is -2.07. The fourth-order valence-corrected chi connectivity index (χ4v) is 1.96. The number of pyridine rings is 1. The van der Waals surface area contributed by atoms with Gasteiger partial charge in [-0.3, -0.25) is 14.3 Å². The SMILES string of the molecule is O=S(O)Nc1cnccc1Nc1cccc(C(F)(F)F)c1. The number of nitrogens with zero attached hydrogens (tertiary/aromatic N) is 1. The lowest BCUT2D eigenvalue weighted by Gasteiger charge is -2.13. The molecular weight excluding hydrogens is 307 g/mol. The maximum Gasteiger partial charge on any atom is 0.416 e. The van der Waals surface area contributed by atoms with E-state index in [9.17, 15) is 17.4 Å². The molecule has 112 valence electrons. The zero-order valence-corrected chi connectivity index (χ0v) is 11.2. The van der Waals surface area contributed by atoms with Crippen LogP contribution in [0.1, 0.15) is 5.56 Å². The third-order valence-corrected chi connectivity index (χ3v) is 2.88. The van der Waals surface area contributed by atoms with Crippen molar-refractivity contribution in [3.63, 3.8) is 0 Å². The summed E-state index contributed by atoms with van der Waals surface area (Å²) in [5, 5.41) is 2.74. The minimum Gasteiger partial charge on any atom is -0.354 e. The van der Waals surface area contributed by atoms with Gasteiger partial charge in [-0.25, -0.2) is 4.21 Å². The van der Waals surface area contributed by atoms with Crippen LogP contribution in [-0.4, -0.2) is 13.7 Å². The predicted molar refractivity (Wildman–Crippen MR) is 73.4 cm³/mol. The van der Waals surface area contributed by atoms with Crippen LogP contribution in [0.2, 0.25) is 0 Å². The number of benzene rings is 1. The molecule has 0 radical (unpaired) electrons. The number of anilines is 3. The molecule has 1 heterocycles. The Morgan fingerprint density at radius 2 is 1.95 bits per heavy atom. The molecule has 9 heteroatoms. The standard InChI is InChI=1S/C12H10F3N3O2S/c13-12(14,15)8-2-1-3-9(6-8)17-10-4-5-16-7-11(10)18-21(19)20/h1-7,18H,(H,16,17)(H,19,20). The van der Waals surface area contributed by atoms with Crippen LogP contribution in [0.25, 0.3) is 0 Å². The molecule has 0 saturated heterocycles. The van der Waals surface area contributed by atoms with Gasteiger partial charge in [0.2, 0.25) is 0 Å². The van der Waals surface area contributed by atoms with Gasteiger partial charge in [-0.1, -0.05) is 6.07 Å². The van der Waals surface area contributed by atoms with Gasteiger partial charge >= 0.3 is 6.18 Å². The summed E-state index contributed by atoms with van der Waals surface area (Å²) < 4.78 is 59.7. The van der Waals surface area contributed by atoms with E-state index in [0.717, 1.165) is 12.1 Å². The molecular formula is C12H10F3N3O2S. The molecule has 1 aromatic heterocycles. The largest absolute Gasteiger partial charge is 0.416 e. The molecule has 0 saturated carbocycles. The molecule has 0 aliphatic carbocycles. The fourth-order valence-electron chi connectivity index (χ4n) is 1.61. The number of rotatable bonds is 4. The molecule has 2 aromatic rings. The van der Waals surface area contributed by atoms with Crippen molar-refractivity contribution < 1.29 is 21.9 Å². The quantitative estimate of drug-likeness (QED) is 0.756. The first-order chi connectivity index (χ1) is 9.86. The zero-order valence-electron chi connectivity index (χ0n) is 10.4. The van der Waals surface area contributed by atoms with Crippen LogP contribution in [0.3, 0.4) is 0 Å². The first-order valence-corrected chi connectivity index (χ1v) is 6.73. The maximum atomic E-state index is 12.6. The summed E-state index contributed by atoms with van der Waals surface area (Å²) in [4.78, 5) is 3.77.